The molecule has 134 valence electrons. The van der Waals surface area contributed by atoms with Crippen LogP contribution < -0.4 is 15.4 Å². The second-order valence-corrected chi connectivity index (χ2v) is 6.50. The van der Waals surface area contributed by atoms with Crippen LogP contribution in [0.3, 0.4) is 0 Å². The second kappa shape index (κ2) is 8.07. The van der Waals surface area contributed by atoms with Gasteiger partial charge < -0.3 is 20.5 Å². The number of nitrogens with one attached hydrogen (secondary N) is 2. The van der Waals surface area contributed by atoms with Crippen LogP contribution in [0.5, 0.6) is 5.75 Å². The Balaban J connectivity index is 2.12. The summed E-state index contributed by atoms with van der Waals surface area (Å²) in [5.74, 6) is -0.452. The molecular weight excluding hydrogens is 473 g/mol. The van der Waals surface area contributed by atoms with Crippen LogP contribution in [0.15, 0.2) is 45.3 Å². The monoisotopic (exact) mass is 482 g/mol. The lowest BCUT2D eigenvalue weighted by atomic mass is 10.2. The summed E-state index contributed by atoms with van der Waals surface area (Å²) in [7, 11) is 0. The standard InChI is InChI=1S/C15H11Br2F3N2O3/c16-8-4-12(17)11(7-23)13(5-8)22-14(24)21-9-2-1-3-10(6-9)25-15(18,19)20/h1-6,23H,7H2,(H2,21,22,24). The first kappa shape index (κ1) is 19.5. The van der Waals surface area contributed by atoms with Crippen molar-refractivity contribution in [1.29, 1.82) is 0 Å². The summed E-state index contributed by atoms with van der Waals surface area (Å²) in [6, 6.07) is 7.47. The summed E-state index contributed by atoms with van der Waals surface area (Å²) in [5, 5.41) is 14.3. The number of carbonyl (C=O) groups is 1. The van der Waals surface area contributed by atoms with Crippen molar-refractivity contribution in [2.24, 2.45) is 0 Å². The zero-order valence-corrected chi connectivity index (χ0v) is 15.5. The second-order valence-electron chi connectivity index (χ2n) is 4.73. The SMILES string of the molecule is O=C(Nc1cccc(OC(F)(F)F)c1)Nc1cc(Br)cc(Br)c1CO. The molecule has 0 saturated heterocycles. The van der Waals surface area contributed by atoms with Gasteiger partial charge in [-0.05, 0) is 24.3 Å². The van der Waals surface area contributed by atoms with E-state index in [9.17, 15) is 23.1 Å². The van der Waals surface area contributed by atoms with Crippen molar-refractivity contribution in [3.05, 3.63) is 50.9 Å². The normalized spacial score (nSPS) is 11.1. The number of anilines is 2. The van der Waals surface area contributed by atoms with Gasteiger partial charge in [-0.2, -0.15) is 0 Å². The van der Waals surface area contributed by atoms with Gasteiger partial charge in [0, 0.05) is 26.3 Å². The fourth-order valence-corrected chi connectivity index (χ4v) is 3.28. The van der Waals surface area contributed by atoms with Crippen LogP contribution in [-0.4, -0.2) is 17.5 Å². The van der Waals surface area contributed by atoms with Crippen LogP contribution in [0.25, 0.3) is 0 Å². The topological polar surface area (TPSA) is 70.6 Å². The highest BCUT2D eigenvalue weighted by Gasteiger charge is 2.31. The number of benzene rings is 2. The average Bonchev–Trinajstić information content (AvgIpc) is 2.45. The van der Waals surface area contributed by atoms with Crippen LogP contribution in [0.1, 0.15) is 5.56 Å². The molecule has 0 radical (unpaired) electrons. The van der Waals surface area contributed by atoms with E-state index in [1.165, 1.54) is 12.1 Å². The first-order valence-electron chi connectivity index (χ1n) is 6.70. The average molecular weight is 484 g/mol. The fourth-order valence-electron chi connectivity index (χ4n) is 1.93. The minimum atomic E-state index is -4.82. The number of hydrogen-bond donors (Lipinski definition) is 3. The Morgan fingerprint density at radius 3 is 2.52 bits per heavy atom. The number of alkyl halides is 3. The largest absolute Gasteiger partial charge is 0.573 e. The molecule has 2 amide bonds. The molecule has 0 spiro atoms. The summed E-state index contributed by atoms with van der Waals surface area (Å²) in [6.45, 7) is -0.321. The quantitative estimate of drug-likeness (QED) is 0.556. The maximum atomic E-state index is 12.2. The van der Waals surface area contributed by atoms with Crippen LogP contribution in [0.4, 0.5) is 29.3 Å². The van der Waals surface area contributed by atoms with E-state index < -0.39 is 18.1 Å². The third-order valence-corrected chi connectivity index (χ3v) is 4.06. The molecule has 2 aromatic carbocycles. The van der Waals surface area contributed by atoms with Crippen LogP contribution in [0, 0.1) is 0 Å². The fraction of sp³-hybridized carbons (Fsp3) is 0.133. The van der Waals surface area contributed by atoms with Gasteiger partial charge in [-0.1, -0.05) is 37.9 Å². The Labute approximate surface area is 157 Å². The van der Waals surface area contributed by atoms with Gasteiger partial charge in [0.15, 0.2) is 0 Å². The van der Waals surface area contributed by atoms with Crippen molar-refractivity contribution in [2.75, 3.05) is 10.6 Å². The van der Waals surface area contributed by atoms with Gasteiger partial charge in [0.1, 0.15) is 5.75 Å². The lowest BCUT2D eigenvalue weighted by Crippen LogP contribution is -2.21. The van der Waals surface area contributed by atoms with Crippen molar-refractivity contribution >= 4 is 49.3 Å². The highest BCUT2D eigenvalue weighted by atomic mass is 79.9. The van der Waals surface area contributed by atoms with E-state index in [4.69, 9.17) is 0 Å². The molecule has 25 heavy (non-hydrogen) atoms. The molecule has 0 aliphatic carbocycles. The number of halogens is 5. The first-order chi connectivity index (χ1) is 11.7. The molecule has 0 unspecified atom stereocenters. The zero-order chi connectivity index (χ0) is 18.6. The van der Waals surface area contributed by atoms with Gasteiger partial charge in [-0.3, -0.25) is 0 Å². The van der Waals surface area contributed by atoms with Gasteiger partial charge in [0.05, 0.1) is 12.3 Å². The maximum absolute atomic E-state index is 12.2. The van der Waals surface area contributed by atoms with Gasteiger partial charge in [0.25, 0.3) is 0 Å². The minimum Gasteiger partial charge on any atom is -0.406 e. The number of aliphatic hydroxyl groups excluding tert-OH is 1. The molecule has 0 aliphatic heterocycles. The van der Waals surface area contributed by atoms with Crippen molar-refractivity contribution in [2.45, 2.75) is 13.0 Å². The van der Waals surface area contributed by atoms with Crippen molar-refractivity contribution in [1.82, 2.24) is 0 Å². The van der Waals surface area contributed by atoms with Crippen LogP contribution in [0.2, 0.25) is 0 Å². The summed E-state index contributed by atoms with van der Waals surface area (Å²) in [5.41, 5.74) is 0.898. The molecule has 2 aromatic rings. The smallest absolute Gasteiger partial charge is 0.406 e. The number of amides is 2. The number of carbonyl (C=O) groups excluding carboxylic acids is 1. The molecule has 0 heterocycles. The molecule has 0 fully saturated rings. The molecule has 5 nitrogen and oxygen atoms in total. The number of rotatable bonds is 4. The molecule has 0 saturated carbocycles. The van der Waals surface area contributed by atoms with E-state index in [0.29, 0.717) is 20.2 Å². The highest BCUT2D eigenvalue weighted by molar-refractivity contribution is 9.11. The first-order valence-corrected chi connectivity index (χ1v) is 8.29. The van der Waals surface area contributed by atoms with E-state index in [1.807, 2.05) is 0 Å². The van der Waals surface area contributed by atoms with Gasteiger partial charge in [-0.15, -0.1) is 13.2 Å². The van der Waals surface area contributed by atoms with Crippen molar-refractivity contribution in [3.63, 3.8) is 0 Å². The Kier molecular flexibility index (Phi) is 6.31. The van der Waals surface area contributed by atoms with Crippen molar-refractivity contribution in [3.8, 4) is 5.75 Å². The highest BCUT2D eigenvalue weighted by Crippen LogP contribution is 2.30. The van der Waals surface area contributed by atoms with Crippen LogP contribution in [-0.2, 0) is 6.61 Å². The van der Waals surface area contributed by atoms with E-state index in [-0.39, 0.29) is 12.3 Å². The molecule has 0 aromatic heterocycles. The number of hydrogen-bond acceptors (Lipinski definition) is 3. The Bertz CT molecular complexity index is 785. The maximum Gasteiger partial charge on any atom is 0.573 e. The van der Waals surface area contributed by atoms with E-state index >= 15 is 0 Å². The Hall–Kier alpha value is -1.78. The lowest BCUT2D eigenvalue weighted by Gasteiger charge is -2.14. The number of urea groups is 1. The summed E-state index contributed by atoms with van der Waals surface area (Å²) in [4.78, 5) is 12.1. The van der Waals surface area contributed by atoms with Gasteiger partial charge in [0.2, 0.25) is 0 Å². The van der Waals surface area contributed by atoms with Gasteiger partial charge in [-0.25, -0.2) is 4.79 Å². The third-order valence-electron chi connectivity index (χ3n) is 2.89. The molecule has 10 heteroatoms. The minimum absolute atomic E-state index is 0.110. The summed E-state index contributed by atoms with van der Waals surface area (Å²) in [6.07, 6.45) is -4.82. The zero-order valence-electron chi connectivity index (χ0n) is 12.3. The summed E-state index contributed by atoms with van der Waals surface area (Å²) < 4.78 is 41.7. The Morgan fingerprint density at radius 1 is 1.16 bits per heavy atom. The van der Waals surface area contributed by atoms with E-state index in [1.54, 1.807) is 12.1 Å². The molecule has 2 rings (SSSR count). The van der Waals surface area contributed by atoms with E-state index in [0.717, 1.165) is 12.1 Å². The predicted molar refractivity (Wildman–Crippen MR) is 93.5 cm³/mol. The lowest BCUT2D eigenvalue weighted by molar-refractivity contribution is -0.274. The Morgan fingerprint density at radius 2 is 1.88 bits per heavy atom. The third kappa shape index (κ3) is 5.91. The van der Waals surface area contributed by atoms with Gasteiger partial charge >= 0.3 is 12.4 Å². The molecule has 0 bridgehead atoms. The molecule has 3 N–H and O–H groups in total. The summed E-state index contributed by atoms with van der Waals surface area (Å²) >= 11 is 6.53. The molecular formula is C15H11Br2F3N2O3. The van der Waals surface area contributed by atoms with Crippen molar-refractivity contribution < 1.29 is 27.8 Å². The predicted octanol–water partition coefficient (Wildman–Crippen LogP) is 5.25. The number of aliphatic hydroxyl groups is 1. The number of ether oxygens (including phenoxy) is 1. The molecule has 0 aliphatic rings. The van der Waals surface area contributed by atoms with Crippen LogP contribution >= 0.6 is 31.9 Å². The molecule has 0 atom stereocenters. The van der Waals surface area contributed by atoms with E-state index in [2.05, 4.69) is 47.2 Å².